The van der Waals surface area contributed by atoms with Crippen LogP contribution in [0.1, 0.15) is 17.5 Å². The van der Waals surface area contributed by atoms with Gasteiger partial charge in [-0.05, 0) is 41.8 Å². The summed E-state index contributed by atoms with van der Waals surface area (Å²) in [6, 6.07) is 12.1. The van der Waals surface area contributed by atoms with Gasteiger partial charge in [0.2, 0.25) is 0 Å². The Morgan fingerprint density at radius 1 is 1.19 bits per heavy atom. The van der Waals surface area contributed by atoms with Crippen LogP contribution >= 0.6 is 0 Å². The molecule has 21 heavy (non-hydrogen) atoms. The summed E-state index contributed by atoms with van der Waals surface area (Å²) in [6.45, 7) is 0. The van der Waals surface area contributed by atoms with E-state index in [1.807, 2.05) is 24.3 Å². The Hall–Kier alpha value is -2.36. The third kappa shape index (κ3) is 4.31. The maximum atomic E-state index is 13.5. The summed E-state index contributed by atoms with van der Waals surface area (Å²) < 4.78 is 18.4. The lowest BCUT2D eigenvalue weighted by molar-refractivity contribution is -0.118. The minimum atomic E-state index is -0.446. The topological polar surface area (TPSA) is 52.3 Å². The predicted octanol–water partition coefficient (Wildman–Crippen LogP) is 3.16. The first-order chi connectivity index (χ1) is 10.1. The normalized spacial score (nSPS) is 10.4. The van der Waals surface area contributed by atoms with Gasteiger partial charge in [0, 0.05) is 18.5 Å². The van der Waals surface area contributed by atoms with E-state index in [1.165, 1.54) is 19.2 Å². The smallest absolute Gasteiger partial charge is 0.165 e. The molecule has 0 amide bonds. The summed E-state index contributed by atoms with van der Waals surface area (Å²) in [4.78, 5) is 12.0. The van der Waals surface area contributed by atoms with Crippen LogP contribution in [0.2, 0.25) is 0 Å². The van der Waals surface area contributed by atoms with Crippen molar-refractivity contribution in [1.29, 1.82) is 0 Å². The molecule has 0 heterocycles. The second-order valence-electron chi connectivity index (χ2n) is 4.93. The molecule has 2 N–H and O–H groups in total. The molecular weight excluding hydrogens is 269 g/mol. The second-order valence-corrected chi connectivity index (χ2v) is 4.93. The number of Topliss-reactive ketones (excluding diaryl/α,β-unsaturated/α-hetero) is 1. The number of anilines is 1. The fraction of sp³-hybridized carbons (Fsp3) is 0.235. The summed E-state index contributed by atoms with van der Waals surface area (Å²) in [6.07, 6.45) is 1.28. The van der Waals surface area contributed by atoms with Crippen molar-refractivity contribution in [2.24, 2.45) is 0 Å². The monoisotopic (exact) mass is 287 g/mol. The van der Waals surface area contributed by atoms with Gasteiger partial charge in [0.15, 0.2) is 11.6 Å². The van der Waals surface area contributed by atoms with Crippen LogP contribution in [0, 0.1) is 5.82 Å². The van der Waals surface area contributed by atoms with Gasteiger partial charge in [0.25, 0.3) is 0 Å². The molecule has 3 nitrogen and oxygen atoms in total. The molecule has 0 aliphatic heterocycles. The summed E-state index contributed by atoms with van der Waals surface area (Å²) in [5, 5.41) is 0. The Kier molecular flexibility index (Phi) is 4.93. The second kappa shape index (κ2) is 6.88. The number of carbonyl (C=O) groups is 1. The van der Waals surface area contributed by atoms with Crippen LogP contribution in [0.15, 0.2) is 42.5 Å². The zero-order valence-electron chi connectivity index (χ0n) is 11.9. The van der Waals surface area contributed by atoms with E-state index in [9.17, 15) is 9.18 Å². The molecular formula is C17H18FNO2. The van der Waals surface area contributed by atoms with Gasteiger partial charge in [0.05, 0.1) is 7.11 Å². The van der Waals surface area contributed by atoms with Gasteiger partial charge in [-0.25, -0.2) is 4.39 Å². The lowest BCUT2D eigenvalue weighted by Crippen LogP contribution is -2.05. The number of methoxy groups -OCH3 is 1. The Morgan fingerprint density at radius 3 is 2.67 bits per heavy atom. The number of hydrogen-bond donors (Lipinski definition) is 1. The molecule has 0 spiro atoms. The zero-order chi connectivity index (χ0) is 15.2. The van der Waals surface area contributed by atoms with Gasteiger partial charge in [-0.2, -0.15) is 0 Å². The standard InChI is InChI=1S/C17H18FNO2/c1-21-17-8-6-13(11-16(17)18)10-15(20)7-5-12-3-2-4-14(19)9-12/h2-4,6,8-9,11H,5,7,10,19H2,1H3. The van der Waals surface area contributed by atoms with Crippen LogP contribution in [-0.4, -0.2) is 12.9 Å². The fourth-order valence-electron chi connectivity index (χ4n) is 2.17. The third-order valence-corrected chi connectivity index (χ3v) is 3.26. The number of rotatable bonds is 6. The molecule has 4 heteroatoms. The molecule has 0 saturated heterocycles. The van der Waals surface area contributed by atoms with Crippen LogP contribution in [0.4, 0.5) is 10.1 Å². The van der Waals surface area contributed by atoms with Crippen molar-refractivity contribution in [1.82, 2.24) is 0 Å². The number of aryl methyl sites for hydroxylation is 1. The number of nitrogen functional groups attached to an aromatic ring is 1. The largest absolute Gasteiger partial charge is 0.494 e. The number of hydrogen-bond acceptors (Lipinski definition) is 3. The summed E-state index contributed by atoms with van der Waals surface area (Å²) in [7, 11) is 1.41. The highest BCUT2D eigenvalue weighted by atomic mass is 19.1. The first kappa shape index (κ1) is 15.0. The van der Waals surface area contributed by atoms with Gasteiger partial charge in [-0.3, -0.25) is 4.79 Å². The van der Waals surface area contributed by atoms with Crippen LogP contribution in [0.25, 0.3) is 0 Å². The summed E-state index contributed by atoms with van der Waals surface area (Å²) >= 11 is 0. The van der Waals surface area contributed by atoms with E-state index in [0.29, 0.717) is 24.1 Å². The number of ketones is 1. The summed E-state index contributed by atoms with van der Waals surface area (Å²) in [5.74, 6) is -0.188. The van der Waals surface area contributed by atoms with E-state index in [2.05, 4.69) is 0 Å². The molecule has 0 aliphatic rings. The maximum Gasteiger partial charge on any atom is 0.165 e. The Bertz CT molecular complexity index is 640. The van der Waals surface area contributed by atoms with Crippen molar-refractivity contribution in [3.8, 4) is 5.75 Å². The lowest BCUT2D eigenvalue weighted by atomic mass is 10.0. The van der Waals surface area contributed by atoms with Gasteiger partial charge >= 0.3 is 0 Å². The van der Waals surface area contributed by atoms with Crippen molar-refractivity contribution in [3.63, 3.8) is 0 Å². The van der Waals surface area contributed by atoms with Crippen LogP contribution in [-0.2, 0) is 17.6 Å². The molecule has 110 valence electrons. The predicted molar refractivity (Wildman–Crippen MR) is 80.8 cm³/mol. The minimum Gasteiger partial charge on any atom is -0.494 e. The molecule has 0 unspecified atom stereocenters. The van der Waals surface area contributed by atoms with Gasteiger partial charge in [-0.15, -0.1) is 0 Å². The van der Waals surface area contributed by atoms with E-state index < -0.39 is 5.82 Å². The molecule has 2 rings (SSSR count). The minimum absolute atomic E-state index is 0.0713. The van der Waals surface area contributed by atoms with Crippen LogP contribution in [0.3, 0.4) is 0 Å². The molecule has 0 bridgehead atoms. The van der Waals surface area contributed by atoms with Crippen molar-refractivity contribution in [3.05, 3.63) is 59.4 Å². The number of carbonyl (C=O) groups excluding carboxylic acids is 1. The Morgan fingerprint density at radius 2 is 2.00 bits per heavy atom. The molecule has 0 saturated carbocycles. The van der Waals surface area contributed by atoms with Crippen molar-refractivity contribution < 1.29 is 13.9 Å². The Balaban J connectivity index is 1.91. The number of ether oxygens (including phenoxy) is 1. The highest BCUT2D eigenvalue weighted by molar-refractivity contribution is 5.81. The molecule has 2 aromatic carbocycles. The molecule has 0 atom stereocenters. The van der Waals surface area contributed by atoms with Crippen LogP contribution in [0.5, 0.6) is 5.75 Å². The first-order valence-electron chi connectivity index (χ1n) is 6.77. The average molecular weight is 287 g/mol. The number of benzene rings is 2. The van der Waals surface area contributed by atoms with Crippen molar-refractivity contribution >= 4 is 11.5 Å². The van der Waals surface area contributed by atoms with Crippen LogP contribution < -0.4 is 10.5 Å². The van der Waals surface area contributed by atoms with Crippen molar-refractivity contribution in [2.45, 2.75) is 19.3 Å². The fourth-order valence-corrected chi connectivity index (χ4v) is 2.17. The van der Waals surface area contributed by atoms with Gasteiger partial charge in [0.1, 0.15) is 5.78 Å². The molecule has 0 aromatic heterocycles. The van der Waals surface area contributed by atoms with E-state index in [4.69, 9.17) is 10.5 Å². The summed E-state index contributed by atoms with van der Waals surface area (Å²) in [5.41, 5.74) is 8.08. The van der Waals surface area contributed by atoms with E-state index in [-0.39, 0.29) is 18.0 Å². The van der Waals surface area contributed by atoms with Crippen molar-refractivity contribution in [2.75, 3.05) is 12.8 Å². The number of halogens is 1. The highest BCUT2D eigenvalue weighted by Crippen LogP contribution is 2.18. The van der Waals surface area contributed by atoms with Gasteiger partial charge < -0.3 is 10.5 Å². The quantitative estimate of drug-likeness (QED) is 0.830. The Labute approximate surface area is 123 Å². The maximum absolute atomic E-state index is 13.5. The van der Waals surface area contributed by atoms with E-state index >= 15 is 0 Å². The highest BCUT2D eigenvalue weighted by Gasteiger charge is 2.08. The zero-order valence-corrected chi connectivity index (χ0v) is 11.9. The molecule has 0 radical (unpaired) electrons. The molecule has 2 aromatic rings. The SMILES string of the molecule is COc1ccc(CC(=O)CCc2cccc(N)c2)cc1F. The molecule has 0 aliphatic carbocycles. The third-order valence-electron chi connectivity index (χ3n) is 3.26. The molecule has 0 fully saturated rings. The lowest BCUT2D eigenvalue weighted by Gasteiger charge is -2.05. The number of nitrogens with two attached hydrogens (primary N) is 1. The van der Waals surface area contributed by atoms with E-state index in [1.54, 1.807) is 6.07 Å². The van der Waals surface area contributed by atoms with E-state index in [0.717, 1.165) is 5.56 Å². The first-order valence-corrected chi connectivity index (χ1v) is 6.77. The van der Waals surface area contributed by atoms with Gasteiger partial charge in [-0.1, -0.05) is 18.2 Å². The average Bonchev–Trinajstić information content (AvgIpc) is 2.45.